The number of hydrogen-bond donors (Lipinski definition) is 0. The third-order valence-corrected chi connectivity index (χ3v) is 10.6. The first-order valence-corrected chi connectivity index (χ1v) is 22.1. The molecule has 0 spiro atoms. The van der Waals surface area contributed by atoms with Gasteiger partial charge >= 0.3 is 0 Å². The van der Waals surface area contributed by atoms with Crippen LogP contribution in [0.2, 0.25) is 0 Å². The van der Waals surface area contributed by atoms with Gasteiger partial charge in [0.25, 0.3) is 0 Å². The Morgan fingerprint density at radius 3 is 1.17 bits per heavy atom. The Morgan fingerprint density at radius 2 is 0.793 bits per heavy atom. The molecule has 0 aromatic heterocycles. The van der Waals surface area contributed by atoms with E-state index in [0.717, 1.165) is 25.0 Å². The SMILES string of the molecule is CC(=O)CCOCCOCCOCCOCCOCCOCCOCCOCCOCCOCCOCCOCCCC(=O)CCCC[C@@H]1SC[C@@H]2C(=O)CC(=O)[C@H]12. The summed E-state index contributed by atoms with van der Waals surface area (Å²) in [6.07, 6.45) is 5.00. The van der Waals surface area contributed by atoms with E-state index in [1.165, 1.54) is 0 Å². The maximum Gasteiger partial charge on any atom is 0.145 e. The summed E-state index contributed by atoms with van der Waals surface area (Å²) in [5, 5.41) is 0.251. The van der Waals surface area contributed by atoms with Crippen molar-refractivity contribution in [1.82, 2.24) is 0 Å². The zero-order chi connectivity index (χ0) is 41.6. The summed E-state index contributed by atoms with van der Waals surface area (Å²) < 4.78 is 65.6. The molecule has 338 valence electrons. The van der Waals surface area contributed by atoms with Crippen LogP contribution >= 0.6 is 11.8 Å². The highest BCUT2D eigenvalue weighted by Crippen LogP contribution is 2.45. The van der Waals surface area contributed by atoms with Gasteiger partial charge in [0.1, 0.15) is 23.1 Å². The average molecular weight is 853 g/mol. The Kier molecular flexibility index (Phi) is 34.9. The standard InChI is InChI=1S/C41H72O16S/c1-35(42)8-10-47-12-14-49-16-18-51-20-22-53-24-26-55-28-30-57-32-31-56-29-27-54-25-23-52-21-19-50-17-15-48-13-11-46-9-4-6-36(43)5-2-3-7-40-41-37(34-58-40)38(44)33-39(41)45/h37,40-41H,2-34H2,1H3/t37-,40+,41-/m1/s1. The van der Waals surface area contributed by atoms with Crippen molar-refractivity contribution in [2.24, 2.45) is 11.8 Å². The van der Waals surface area contributed by atoms with Crippen LogP contribution in [-0.4, -0.2) is 193 Å². The molecule has 2 fully saturated rings. The number of thioether (sulfide) groups is 1. The number of hydrogen-bond acceptors (Lipinski definition) is 17. The summed E-state index contributed by atoms with van der Waals surface area (Å²) >= 11 is 1.76. The van der Waals surface area contributed by atoms with Crippen LogP contribution < -0.4 is 0 Å². The van der Waals surface area contributed by atoms with Crippen LogP contribution in [0.4, 0.5) is 0 Å². The third kappa shape index (κ3) is 29.7. The van der Waals surface area contributed by atoms with Crippen molar-refractivity contribution in [2.75, 3.05) is 164 Å². The van der Waals surface area contributed by atoms with Crippen molar-refractivity contribution >= 4 is 34.9 Å². The van der Waals surface area contributed by atoms with Crippen LogP contribution in [0.5, 0.6) is 0 Å². The second-order valence-electron chi connectivity index (χ2n) is 13.8. The van der Waals surface area contributed by atoms with Crippen molar-refractivity contribution < 1.29 is 76.0 Å². The number of carbonyl (C=O) groups is 4. The first kappa shape index (κ1) is 52.7. The number of fused-ring (bicyclic) bond motifs is 1. The van der Waals surface area contributed by atoms with Gasteiger partial charge < -0.3 is 56.8 Å². The number of Topliss-reactive ketones (excluding diaryl/α,β-unsaturated/α-hetero) is 4. The molecule has 3 atom stereocenters. The van der Waals surface area contributed by atoms with Crippen molar-refractivity contribution in [2.45, 2.75) is 63.5 Å². The first-order valence-electron chi connectivity index (χ1n) is 21.1. The lowest BCUT2D eigenvalue weighted by Gasteiger charge is -2.15. The van der Waals surface area contributed by atoms with Crippen LogP contribution in [0.25, 0.3) is 0 Å². The molecule has 1 saturated carbocycles. The zero-order valence-corrected chi connectivity index (χ0v) is 35.8. The highest BCUT2D eigenvalue weighted by Gasteiger charge is 2.49. The molecule has 0 aromatic carbocycles. The predicted molar refractivity (Wildman–Crippen MR) is 216 cm³/mol. The normalized spacial score (nSPS) is 17.8. The van der Waals surface area contributed by atoms with E-state index in [-0.39, 0.29) is 46.6 Å². The molecule has 0 bridgehead atoms. The number of rotatable bonds is 45. The molecule has 1 saturated heterocycles. The lowest BCUT2D eigenvalue weighted by Crippen LogP contribution is -2.22. The van der Waals surface area contributed by atoms with Gasteiger partial charge in [0.15, 0.2) is 0 Å². The van der Waals surface area contributed by atoms with Gasteiger partial charge in [-0.3, -0.25) is 19.2 Å². The zero-order valence-electron chi connectivity index (χ0n) is 35.0. The van der Waals surface area contributed by atoms with E-state index >= 15 is 0 Å². The molecule has 58 heavy (non-hydrogen) atoms. The summed E-state index contributed by atoms with van der Waals surface area (Å²) in [5.41, 5.74) is 0. The molecular formula is C41H72O16S. The highest BCUT2D eigenvalue weighted by atomic mass is 32.2. The van der Waals surface area contributed by atoms with Crippen molar-refractivity contribution in [3.05, 3.63) is 0 Å². The van der Waals surface area contributed by atoms with Gasteiger partial charge in [-0.15, -0.1) is 0 Å². The fourth-order valence-electron chi connectivity index (χ4n) is 6.00. The molecule has 17 heteroatoms. The second-order valence-corrected chi connectivity index (χ2v) is 15.1. The van der Waals surface area contributed by atoms with E-state index in [4.69, 9.17) is 56.8 Å². The van der Waals surface area contributed by atoms with Gasteiger partial charge in [0.05, 0.1) is 158 Å². The number of ether oxygens (including phenoxy) is 12. The maximum atomic E-state index is 12.2. The lowest BCUT2D eigenvalue weighted by atomic mass is 9.91. The minimum absolute atomic E-state index is 0.0545. The van der Waals surface area contributed by atoms with E-state index < -0.39 is 0 Å². The Labute approximate surface area is 349 Å². The van der Waals surface area contributed by atoms with Crippen molar-refractivity contribution in [1.29, 1.82) is 0 Å². The molecule has 1 aliphatic heterocycles. The van der Waals surface area contributed by atoms with Crippen LogP contribution in [-0.2, 0) is 76.0 Å². The fraction of sp³-hybridized carbons (Fsp3) is 0.902. The van der Waals surface area contributed by atoms with E-state index in [2.05, 4.69) is 0 Å². The first-order chi connectivity index (χ1) is 28.5. The summed E-state index contributed by atoms with van der Waals surface area (Å²) in [6, 6.07) is 0. The monoisotopic (exact) mass is 852 g/mol. The Morgan fingerprint density at radius 1 is 0.448 bits per heavy atom. The summed E-state index contributed by atoms with van der Waals surface area (Å²) in [7, 11) is 0. The van der Waals surface area contributed by atoms with E-state index in [9.17, 15) is 19.2 Å². The van der Waals surface area contributed by atoms with Crippen LogP contribution in [0, 0.1) is 11.8 Å². The molecule has 0 aromatic rings. The minimum Gasteiger partial charge on any atom is -0.379 e. The van der Waals surface area contributed by atoms with Gasteiger partial charge in [-0.05, 0) is 26.2 Å². The smallest absolute Gasteiger partial charge is 0.145 e. The molecular weight excluding hydrogens is 781 g/mol. The van der Waals surface area contributed by atoms with Gasteiger partial charge in [-0.2, -0.15) is 11.8 Å². The topological polar surface area (TPSA) is 179 Å². The summed E-state index contributed by atoms with van der Waals surface area (Å²) in [5.74, 6) is 1.27. The molecule has 2 aliphatic rings. The molecule has 0 N–H and O–H groups in total. The Hall–Kier alpha value is -1.45. The molecule has 1 heterocycles. The second kappa shape index (κ2) is 38.5. The van der Waals surface area contributed by atoms with Gasteiger partial charge in [0, 0.05) is 48.7 Å². The molecule has 0 radical (unpaired) electrons. The van der Waals surface area contributed by atoms with Crippen LogP contribution in [0.3, 0.4) is 0 Å². The number of unbranched alkanes of at least 4 members (excludes halogenated alkanes) is 1. The average Bonchev–Trinajstić information content (AvgIpc) is 3.77. The number of ketones is 4. The van der Waals surface area contributed by atoms with E-state index in [0.29, 0.717) is 184 Å². The fourth-order valence-corrected chi connectivity index (χ4v) is 7.73. The molecule has 1 aliphatic carbocycles. The molecule has 0 unspecified atom stereocenters. The largest absolute Gasteiger partial charge is 0.379 e. The highest BCUT2D eigenvalue weighted by molar-refractivity contribution is 8.00. The third-order valence-electron chi connectivity index (χ3n) is 9.09. The lowest BCUT2D eigenvalue weighted by molar-refractivity contribution is -0.123. The molecule has 16 nitrogen and oxygen atoms in total. The van der Waals surface area contributed by atoms with Gasteiger partial charge in [-0.25, -0.2) is 0 Å². The predicted octanol–water partition coefficient (Wildman–Crippen LogP) is 2.96. The Bertz CT molecular complexity index is 1040. The summed E-state index contributed by atoms with van der Waals surface area (Å²) in [6.45, 7) is 13.2. The van der Waals surface area contributed by atoms with Crippen LogP contribution in [0.1, 0.15) is 58.3 Å². The van der Waals surface area contributed by atoms with Crippen LogP contribution in [0.15, 0.2) is 0 Å². The molecule has 2 rings (SSSR count). The summed E-state index contributed by atoms with van der Waals surface area (Å²) in [4.78, 5) is 47.0. The van der Waals surface area contributed by atoms with Gasteiger partial charge in [-0.1, -0.05) is 6.42 Å². The van der Waals surface area contributed by atoms with E-state index in [1.807, 2.05) is 0 Å². The maximum absolute atomic E-state index is 12.2. The Balaban J connectivity index is 1.15. The molecule has 0 amide bonds. The van der Waals surface area contributed by atoms with E-state index in [1.54, 1.807) is 18.7 Å². The number of carbonyl (C=O) groups excluding carboxylic acids is 4. The minimum atomic E-state index is -0.0755. The van der Waals surface area contributed by atoms with Crippen molar-refractivity contribution in [3.63, 3.8) is 0 Å². The van der Waals surface area contributed by atoms with Crippen molar-refractivity contribution in [3.8, 4) is 0 Å². The quantitative estimate of drug-likeness (QED) is 0.0644. The van der Waals surface area contributed by atoms with Gasteiger partial charge in [0.2, 0.25) is 0 Å².